The summed E-state index contributed by atoms with van der Waals surface area (Å²) in [5.41, 5.74) is 2.69. The van der Waals surface area contributed by atoms with E-state index in [1.54, 1.807) is 24.3 Å². The van der Waals surface area contributed by atoms with Gasteiger partial charge in [-0.1, -0.05) is 42.8 Å². The molecule has 3 aromatic carbocycles. The van der Waals surface area contributed by atoms with Crippen LogP contribution in [0.1, 0.15) is 23.6 Å². The van der Waals surface area contributed by atoms with E-state index in [1.807, 2.05) is 26.0 Å². The molecule has 172 valence electrons. The zero-order valence-electron chi connectivity index (χ0n) is 18.6. The summed E-state index contributed by atoms with van der Waals surface area (Å²) in [6, 6.07) is 17.7. The number of carbonyl (C=O) groups excluding carboxylic acids is 1. The highest BCUT2D eigenvalue weighted by Gasteiger charge is 2.27. The predicted molar refractivity (Wildman–Crippen MR) is 128 cm³/mol. The van der Waals surface area contributed by atoms with Crippen LogP contribution < -0.4 is 9.62 Å². The third-order valence-corrected chi connectivity index (χ3v) is 7.09. The van der Waals surface area contributed by atoms with Crippen molar-refractivity contribution in [3.05, 3.63) is 93.5 Å². The molecule has 3 aromatic rings. The second kappa shape index (κ2) is 9.83. The molecular formula is C24H25N3O5S. The number of amides is 1. The Bertz CT molecular complexity index is 1270. The lowest BCUT2D eigenvalue weighted by Gasteiger charge is -2.24. The molecule has 0 saturated heterocycles. The Morgan fingerprint density at radius 2 is 1.64 bits per heavy atom. The molecule has 0 aromatic heterocycles. The average Bonchev–Trinajstić information content (AvgIpc) is 2.79. The number of anilines is 2. The number of carbonyl (C=O) groups is 1. The van der Waals surface area contributed by atoms with Crippen molar-refractivity contribution in [1.82, 2.24) is 0 Å². The molecule has 3 rings (SSSR count). The summed E-state index contributed by atoms with van der Waals surface area (Å²) in [7, 11) is -4.05. The van der Waals surface area contributed by atoms with E-state index in [9.17, 15) is 23.3 Å². The Balaban J connectivity index is 1.96. The number of hydrogen-bond acceptors (Lipinski definition) is 5. The summed E-state index contributed by atoms with van der Waals surface area (Å²) < 4.78 is 27.9. The minimum Gasteiger partial charge on any atom is -0.324 e. The van der Waals surface area contributed by atoms with E-state index in [0.29, 0.717) is 5.69 Å². The molecule has 0 fully saturated rings. The van der Waals surface area contributed by atoms with Crippen molar-refractivity contribution < 1.29 is 18.1 Å². The summed E-state index contributed by atoms with van der Waals surface area (Å²) in [6.45, 7) is 4.87. The van der Waals surface area contributed by atoms with Gasteiger partial charge in [-0.3, -0.25) is 19.2 Å². The topological polar surface area (TPSA) is 110 Å². The SMILES string of the molecule is CCc1ccc(N(CC(=O)Nc2cccc([N+](=O)[O-])c2C)S(=O)(=O)c2ccc(C)cc2)cc1. The third-order valence-electron chi connectivity index (χ3n) is 5.30. The largest absolute Gasteiger partial charge is 0.324 e. The van der Waals surface area contributed by atoms with Crippen molar-refractivity contribution in [2.75, 3.05) is 16.2 Å². The Labute approximate surface area is 193 Å². The van der Waals surface area contributed by atoms with Crippen molar-refractivity contribution in [2.24, 2.45) is 0 Å². The van der Waals surface area contributed by atoms with Gasteiger partial charge in [0.15, 0.2) is 0 Å². The van der Waals surface area contributed by atoms with Crippen LogP contribution in [0.4, 0.5) is 17.1 Å². The van der Waals surface area contributed by atoms with E-state index >= 15 is 0 Å². The van der Waals surface area contributed by atoms with Gasteiger partial charge in [0.25, 0.3) is 15.7 Å². The first-order chi connectivity index (χ1) is 15.6. The number of sulfonamides is 1. The number of hydrogen-bond donors (Lipinski definition) is 1. The lowest BCUT2D eigenvalue weighted by atomic mass is 10.1. The van der Waals surface area contributed by atoms with Crippen LogP contribution in [0.5, 0.6) is 0 Å². The summed E-state index contributed by atoms with van der Waals surface area (Å²) in [5.74, 6) is -0.617. The van der Waals surface area contributed by atoms with Gasteiger partial charge in [0.2, 0.25) is 5.91 Å². The maximum atomic E-state index is 13.5. The Morgan fingerprint density at radius 1 is 1.00 bits per heavy atom. The highest BCUT2D eigenvalue weighted by molar-refractivity contribution is 7.92. The summed E-state index contributed by atoms with van der Waals surface area (Å²) in [6.07, 6.45) is 0.789. The first kappa shape index (κ1) is 23.9. The molecule has 0 atom stereocenters. The number of nitrogens with zero attached hydrogens (tertiary/aromatic N) is 2. The fraction of sp³-hybridized carbons (Fsp3) is 0.208. The fourth-order valence-corrected chi connectivity index (χ4v) is 4.75. The highest BCUT2D eigenvalue weighted by atomic mass is 32.2. The van der Waals surface area contributed by atoms with Gasteiger partial charge in [0.05, 0.1) is 26.8 Å². The maximum absolute atomic E-state index is 13.5. The summed E-state index contributed by atoms with van der Waals surface area (Å²) in [5, 5.41) is 13.8. The predicted octanol–water partition coefficient (Wildman–Crippen LogP) is 4.61. The van der Waals surface area contributed by atoms with Crippen molar-refractivity contribution >= 4 is 33.0 Å². The van der Waals surface area contributed by atoms with Crippen LogP contribution >= 0.6 is 0 Å². The number of nitrogens with one attached hydrogen (secondary N) is 1. The van der Waals surface area contributed by atoms with E-state index < -0.39 is 27.4 Å². The van der Waals surface area contributed by atoms with Gasteiger partial charge in [0, 0.05) is 6.07 Å². The summed E-state index contributed by atoms with van der Waals surface area (Å²) in [4.78, 5) is 23.6. The molecule has 1 N–H and O–H groups in total. The molecule has 0 heterocycles. The van der Waals surface area contributed by atoms with Crippen LogP contribution in [0.2, 0.25) is 0 Å². The van der Waals surface area contributed by atoms with Crippen LogP contribution in [0.3, 0.4) is 0 Å². The molecule has 33 heavy (non-hydrogen) atoms. The van der Waals surface area contributed by atoms with Crippen molar-refractivity contribution in [2.45, 2.75) is 32.1 Å². The molecule has 0 bridgehead atoms. The minimum atomic E-state index is -4.05. The zero-order chi connectivity index (χ0) is 24.2. The molecule has 0 unspecified atom stereocenters. The van der Waals surface area contributed by atoms with Crippen LogP contribution in [0, 0.1) is 24.0 Å². The quantitative estimate of drug-likeness (QED) is 0.384. The Hall–Kier alpha value is -3.72. The van der Waals surface area contributed by atoms with E-state index in [0.717, 1.165) is 21.9 Å². The normalized spacial score (nSPS) is 11.1. The fourth-order valence-electron chi connectivity index (χ4n) is 3.33. The Kier molecular flexibility index (Phi) is 7.13. The maximum Gasteiger partial charge on any atom is 0.274 e. The first-order valence-corrected chi connectivity index (χ1v) is 11.8. The number of aryl methyl sites for hydroxylation is 2. The van der Waals surface area contributed by atoms with Gasteiger partial charge in [0.1, 0.15) is 6.54 Å². The Morgan fingerprint density at radius 3 is 2.21 bits per heavy atom. The molecule has 8 nitrogen and oxygen atoms in total. The zero-order valence-corrected chi connectivity index (χ0v) is 19.4. The number of benzene rings is 3. The molecule has 0 radical (unpaired) electrons. The van der Waals surface area contributed by atoms with E-state index in [-0.39, 0.29) is 21.8 Å². The molecular weight excluding hydrogens is 442 g/mol. The standard InChI is InChI=1S/C24H25N3O5S/c1-4-19-10-12-20(13-11-19)26(33(31,32)21-14-8-17(2)9-15-21)16-24(28)25-22-6-5-7-23(18(22)3)27(29)30/h5-15H,4,16H2,1-3H3,(H,25,28). The van der Waals surface area contributed by atoms with Crippen LogP contribution in [0.15, 0.2) is 71.6 Å². The molecule has 0 aliphatic heterocycles. The summed E-state index contributed by atoms with van der Waals surface area (Å²) >= 11 is 0. The van der Waals surface area contributed by atoms with Gasteiger partial charge in [-0.2, -0.15) is 0 Å². The lowest BCUT2D eigenvalue weighted by Crippen LogP contribution is -2.38. The second-order valence-corrected chi connectivity index (χ2v) is 9.46. The van der Waals surface area contributed by atoms with Gasteiger partial charge >= 0.3 is 0 Å². The average molecular weight is 468 g/mol. The minimum absolute atomic E-state index is 0.0620. The number of nitro benzene ring substituents is 1. The van der Waals surface area contributed by atoms with Crippen molar-refractivity contribution in [3.63, 3.8) is 0 Å². The lowest BCUT2D eigenvalue weighted by molar-refractivity contribution is -0.385. The monoisotopic (exact) mass is 467 g/mol. The number of nitro groups is 1. The second-order valence-electron chi connectivity index (χ2n) is 7.60. The molecule has 0 saturated carbocycles. The van der Waals surface area contributed by atoms with E-state index in [4.69, 9.17) is 0 Å². The van der Waals surface area contributed by atoms with Crippen molar-refractivity contribution in [1.29, 1.82) is 0 Å². The van der Waals surface area contributed by atoms with Crippen LogP contribution in [-0.2, 0) is 21.2 Å². The van der Waals surface area contributed by atoms with Gasteiger partial charge in [-0.25, -0.2) is 8.42 Å². The molecule has 9 heteroatoms. The molecule has 0 spiro atoms. The van der Waals surface area contributed by atoms with Gasteiger partial charge < -0.3 is 5.32 Å². The third kappa shape index (κ3) is 5.38. The highest BCUT2D eigenvalue weighted by Crippen LogP contribution is 2.27. The first-order valence-electron chi connectivity index (χ1n) is 10.4. The van der Waals surface area contributed by atoms with Crippen LogP contribution in [-0.4, -0.2) is 25.8 Å². The number of rotatable bonds is 8. The van der Waals surface area contributed by atoms with Gasteiger partial charge in [-0.05, 0) is 56.2 Å². The van der Waals surface area contributed by atoms with E-state index in [2.05, 4.69) is 5.32 Å². The van der Waals surface area contributed by atoms with Crippen molar-refractivity contribution in [3.8, 4) is 0 Å². The van der Waals surface area contributed by atoms with E-state index in [1.165, 1.54) is 37.3 Å². The molecule has 0 aliphatic rings. The molecule has 0 aliphatic carbocycles. The van der Waals surface area contributed by atoms with Gasteiger partial charge in [-0.15, -0.1) is 0 Å². The smallest absolute Gasteiger partial charge is 0.274 e. The van der Waals surface area contributed by atoms with Crippen LogP contribution in [0.25, 0.3) is 0 Å². The molecule has 1 amide bonds.